The molecule has 0 unspecified atom stereocenters. The molecule has 0 saturated carbocycles. The van der Waals surface area contributed by atoms with Crippen LogP contribution < -0.4 is 11.5 Å². The Balaban J connectivity index is 2.49. The molecular formula is C8H8N6. The Hall–Kier alpha value is -2.24. The van der Waals surface area contributed by atoms with Gasteiger partial charge in [-0.25, -0.2) is 19.9 Å². The number of aromatic nitrogens is 4. The van der Waals surface area contributed by atoms with Crippen molar-refractivity contribution >= 4 is 11.6 Å². The topological polar surface area (TPSA) is 104 Å². The van der Waals surface area contributed by atoms with E-state index in [4.69, 9.17) is 11.5 Å². The number of hydrogen-bond donors (Lipinski definition) is 2. The van der Waals surface area contributed by atoms with Gasteiger partial charge >= 0.3 is 0 Å². The summed E-state index contributed by atoms with van der Waals surface area (Å²) in [6, 6.07) is 3.19. The van der Waals surface area contributed by atoms with Crippen molar-refractivity contribution < 1.29 is 0 Å². The van der Waals surface area contributed by atoms with Crippen LogP contribution in [0.5, 0.6) is 0 Å². The van der Waals surface area contributed by atoms with E-state index in [1.165, 1.54) is 0 Å². The molecule has 4 N–H and O–H groups in total. The molecule has 2 aromatic heterocycles. The number of rotatable bonds is 1. The van der Waals surface area contributed by atoms with Gasteiger partial charge in [-0.15, -0.1) is 0 Å². The normalized spacial score (nSPS) is 10.0. The first kappa shape index (κ1) is 8.36. The van der Waals surface area contributed by atoms with E-state index in [0.29, 0.717) is 23.3 Å². The Morgan fingerprint density at radius 3 is 1.57 bits per heavy atom. The average Bonchev–Trinajstić information content (AvgIpc) is 2.18. The molecular weight excluding hydrogens is 180 g/mol. The molecule has 0 radical (unpaired) electrons. The van der Waals surface area contributed by atoms with Crippen molar-refractivity contribution in [3.05, 3.63) is 24.5 Å². The fourth-order valence-electron chi connectivity index (χ4n) is 0.961. The van der Waals surface area contributed by atoms with Crippen LogP contribution in [-0.4, -0.2) is 19.9 Å². The molecule has 0 saturated heterocycles. The van der Waals surface area contributed by atoms with Gasteiger partial charge in [0.1, 0.15) is 11.6 Å². The van der Waals surface area contributed by atoms with Crippen molar-refractivity contribution in [2.45, 2.75) is 0 Å². The lowest BCUT2D eigenvalue weighted by atomic mass is 10.4. The highest BCUT2D eigenvalue weighted by atomic mass is 15.0. The van der Waals surface area contributed by atoms with Crippen LogP contribution in [0, 0.1) is 0 Å². The predicted octanol–water partition coefficient (Wildman–Crippen LogP) is 0.0980. The zero-order valence-electron chi connectivity index (χ0n) is 7.25. The summed E-state index contributed by atoms with van der Waals surface area (Å²) < 4.78 is 0. The third-order valence-electron chi connectivity index (χ3n) is 1.55. The quantitative estimate of drug-likeness (QED) is 0.657. The zero-order chi connectivity index (χ0) is 9.97. The van der Waals surface area contributed by atoms with Gasteiger partial charge in [-0.05, 0) is 12.1 Å². The highest BCUT2D eigenvalue weighted by Gasteiger charge is 2.04. The van der Waals surface area contributed by atoms with Gasteiger partial charge in [0.05, 0.1) is 0 Å². The molecule has 0 aromatic carbocycles. The van der Waals surface area contributed by atoms with Crippen LogP contribution in [-0.2, 0) is 0 Å². The summed E-state index contributed by atoms with van der Waals surface area (Å²) in [6.45, 7) is 0. The predicted molar refractivity (Wildman–Crippen MR) is 51.9 cm³/mol. The van der Waals surface area contributed by atoms with E-state index in [1.54, 1.807) is 24.5 Å². The smallest absolute Gasteiger partial charge is 0.199 e. The first-order chi connectivity index (χ1) is 6.75. The Morgan fingerprint density at radius 2 is 1.21 bits per heavy atom. The molecule has 2 rings (SSSR count). The lowest BCUT2D eigenvalue weighted by Gasteiger charge is -1.99. The van der Waals surface area contributed by atoms with E-state index in [2.05, 4.69) is 19.9 Å². The number of hydrogen-bond acceptors (Lipinski definition) is 6. The summed E-state index contributed by atoms with van der Waals surface area (Å²) in [7, 11) is 0. The third-order valence-corrected chi connectivity index (χ3v) is 1.55. The van der Waals surface area contributed by atoms with Crippen LogP contribution in [0.2, 0.25) is 0 Å². The SMILES string of the molecule is Nc1ccnc(-c2nccc(N)n2)n1. The van der Waals surface area contributed by atoms with Crippen molar-refractivity contribution in [3.63, 3.8) is 0 Å². The van der Waals surface area contributed by atoms with Gasteiger partial charge in [0, 0.05) is 12.4 Å². The molecule has 0 aliphatic carbocycles. The maximum Gasteiger partial charge on any atom is 0.199 e. The molecule has 0 aliphatic rings. The van der Waals surface area contributed by atoms with Crippen LogP contribution in [0.25, 0.3) is 11.6 Å². The van der Waals surface area contributed by atoms with Gasteiger partial charge < -0.3 is 11.5 Å². The van der Waals surface area contributed by atoms with Crippen LogP contribution >= 0.6 is 0 Å². The lowest BCUT2D eigenvalue weighted by Crippen LogP contribution is -1.99. The van der Waals surface area contributed by atoms with Gasteiger partial charge in [0.2, 0.25) is 0 Å². The molecule has 0 atom stereocenters. The van der Waals surface area contributed by atoms with Gasteiger partial charge in [-0.3, -0.25) is 0 Å². The largest absolute Gasteiger partial charge is 0.384 e. The Bertz CT molecular complexity index is 412. The number of nitrogen functional groups attached to an aromatic ring is 2. The number of anilines is 2. The van der Waals surface area contributed by atoms with Crippen LogP contribution in [0.3, 0.4) is 0 Å². The van der Waals surface area contributed by atoms with E-state index >= 15 is 0 Å². The lowest BCUT2D eigenvalue weighted by molar-refractivity contribution is 1.09. The van der Waals surface area contributed by atoms with E-state index in [0.717, 1.165) is 0 Å². The van der Waals surface area contributed by atoms with Crippen molar-refractivity contribution in [2.24, 2.45) is 0 Å². The van der Waals surface area contributed by atoms with E-state index in [9.17, 15) is 0 Å². The number of nitrogens with zero attached hydrogens (tertiary/aromatic N) is 4. The maximum atomic E-state index is 5.50. The monoisotopic (exact) mass is 188 g/mol. The second-order valence-electron chi connectivity index (χ2n) is 2.61. The van der Waals surface area contributed by atoms with Crippen LogP contribution in [0.1, 0.15) is 0 Å². The van der Waals surface area contributed by atoms with Crippen molar-refractivity contribution in [1.82, 2.24) is 19.9 Å². The fraction of sp³-hybridized carbons (Fsp3) is 0. The van der Waals surface area contributed by atoms with Crippen molar-refractivity contribution in [3.8, 4) is 11.6 Å². The standard InChI is InChI=1S/C8H8N6/c9-5-1-3-11-7(13-5)8-12-4-2-6(10)14-8/h1-4H,(H2,9,11,13)(H2,10,12,14). The average molecular weight is 188 g/mol. The van der Waals surface area contributed by atoms with E-state index in [1.807, 2.05) is 0 Å². The van der Waals surface area contributed by atoms with Crippen molar-refractivity contribution in [1.29, 1.82) is 0 Å². The first-order valence-electron chi connectivity index (χ1n) is 3.93. The molecule has 0 spiro atoms. The minimum atomic E-state index is 0.373. The zero-order valence-corrected chi connectivity index (χ0v) is 7.25. The van der Waals surface area contributed by atoms with Gasteiger partial charge in [0.15, 0.2) is 11.6 Å². The minimum Gasteiger partial charge on any atom is -0.384 e. The van der Waals surface area contributed by atoms with Crippen molar-refractivity contribution in [2.75, 3.05) is 11.5 Å². The van der Waals surface area contributed by atoms with E-state index in [-0.39, 0.29) is 0 Å². The molecule has 2 aromatic rings. The number of nitrogens with two attached hydrogens (primary N) is 2. The molecule has 6 nitrogen and oxygen atoms in total. The fourth-order valence-corrected chi connectivity index (χ4v) is 0.961. The third kappa shape index (κ3) is 1.58. The summed E-state index contributed by atoms with van der Waals surface area (Å²) in [5.41, 5.74) is 11.0. The first-order valence-corrected chi connectivity index (χ1v) is 3.93. The molecule has 0 amide bonds. The minimum absolute atomic E-state index is 0.373. The summed E-state index contributed by atoms with van der Waals surface area (Å²) in [5.74, 6) is 1.50. The second kappa shape index (κ2) is 3.25. The maximum absolute atomic E-state index is 5.50. The van der Waals surface area contributed by atoms with Gasteiger partial charge in [-0.1, -0.05) is 0 Å². The second-order valence-corrected chi connectivity index (χ2v) is 2.61. The Kier molecular flexibility index (Phi) is 1.94. The highest BCUT2D eigenvalue weighted by Crippen LogP contribution is 2.10. The molecule has 2 heterocycles. The Labute approximate surface area is 80.0 Å². The van der Waals surface area contributed by atoms with Gasteiger partial charge in [0.25, 0.3) is 0 Å². The Morgan fingerprint density at radius 1 is 0.786 bits per heavy atom. The summed E-state index contributed by atoms with van der Waals surface area (Å²) in [4.78, 5) is 15.9. The molecule has 6 heteroatoms. The summed E-state index contributed by atoms with van der Waals surface area (Å²) in [5, 5.41) is 0. The summed E-state index contributed by atoms with van der Waals surface area (Å²) in [6.07, 6.45) is 3.09. The molecule has 14 heavy (non-hydrogen) atoms. The van der Waals surface area contributed by atoms with Gasteiger partial charge in [-0.2, -0.15) is 0 Å². The molecule has 0 bridgehead atoms. The van der Waals surface area contributed by atoms with E-state index < -0.39 is 0 Å². The highest BCUT2D eigenvalue weighted by molar-refractivity contribution is 5.48. The van der Waals surface area contributed by atoms with Crippen LogP contribution in [0.15, 0.2) is 24.5 Å². The summed E-state index contributed by atoms with van der Waals surface area (Å²) >= 11 is 0. The molecule has 0 fully saturated rings. The van der Waals surface area contributed by atoms with Crippen LogP contribution in [0.4, 0.5) is 11.6 Å². The molecule has 0 aliphatic heterocycles. The molecule has 70 valence electrons.